The molecule has 8 heteroatoms. The second-order valence-electron chi connectivity index (χ2n) is 9.87. The van der Waals surface area contributed by atoms with E-state index in [4.69, 9.17) is 14.7 Å². The molecule has 39 heavy (non-hydrogen) atoms. The third kappa shape index (κ3) is 5.93. The lowest BCUT2D eigenvalue weighted by molar-refractivity contribution is -0.130. The number of ether oxygens (including phenoxy) is 1. The van der Waals surface area contributed by atoms with Crippen LogP contribution in [0, 0.1) is 0 Å². The molecular formula is C31H33N5O2S. The number of para-hydroxylation sites is 2. The average molecular weight is 540 g/mol. The minimum atomic E-state index is 0.151. The number of fused-ring (bicyclic) bond motifs is 1. The van der Waals surface area contributed by atoms with Gasteiger partial charge in [-0.25, -0.2) is 9.97 Å². The van der Waals surface area contributed by atoms with Crippen molar-refractivity contribution >= 4 is 34.5 Å². The summed E-state index contributed by atoms with van der Waals surface area (Å²) >= 11 is 1.50. The van der Waals surface area contributed by atoms with Gasteiger partial charge < -0.3 is 14.5 Å². The third-order valence-corrected chi connectivity index (χ3v) is 8.37. The average Bonchev–Trinajstić information content (AvgIpc) is 3.01. The predicted octanol–water partition coefficient (Wildman–Crippen LogP) is 4.49. The van der Waals surface area contributed by atoms with Gasteiger partial charge in [-0.15, -0.1) is 0 Å². The number of rotatable bonds is 7. The summed E-state index contributed by atoms with van der Waals surface area (Å²) in [6.45, 7) is 6.01. The molecule has 0 spiro atoms. The van der Waals surface area contributed by atoms with E-state index in [0.29, 0.717) is 19.0 Å². The van der Waals surface area contributed by atoms with Crippen LogP contribution in [0.5, 0.6) is 0 Å². The van der Waals surface area contributed by atoms with Crippen LogP contribution in [0.4, 0.5) is 5.82 Å². The minimum Gasteiger partial charge on any atom is -0.378 e. The molecule has 2 saturated heterocycles. The number of piperazine rings is 1. The number of morpholine rings is 1. The van der Waals surface area contributed by atoms with Crippen molar-refractivity contribution in [1.29, 1.82) is 0 Å². The molecule has 0 radical (unpaired) electrons. The smallest absolute Gasteiger partial charge is 0.233 e. The molecule has 1 aromatic heterocycles. The number of hydrogen-bond acceptors (Lipinski definition) is 7. The molecule has 2 fully saturated rings. The minimum absolute atomic E-state index is 0.151. The maximum absolute atomic E-state index is 13.3. The number of amides is 1. The van der Waals surface area contributed by atoms with Crippen LogP contribution in [0.1, 0.15) is 17.2 Å². The monoisotopic (exact) mass is 539 g/mol. The molecule has 6 rings (SSSR count). The van der Waals surface area contributed by atoms with Crippen LogP contribution in [0.15, 0.2) is 90.0 Å². The lowest BCUT2D eigenvalue weighted by Crippen LogP contribution is -2.50. The Labute approximate surface area is 233 Å². The van der Waals surface area contributed by atoms with Crippen molar-refractivity contribution in [2.24, 2.45) is 0 Å². The standard InChI is InChI=1S/C31H33N5O2S/c37-28(23-39-31-30(36-19-21-38-22-20-36)32-26-13-7-8-14-27(26)33-31)34-15-17-35(18-16-34)29(24-9-3-1-4-10-24)25-11-5-2-6-12-25/h1-14,29H,15-23H2. The van der Waals surface area contributed by atoms with E-state index < -0.39 is 0 Å². The van der Waals surface area contributed by atoms with Gasteiger partial charge in [-0.2, -0.15) is 0 Å². The van der Waals surface area contributed by atoms with E-state index in [-0.39, 0.29) is 11.9 Å². The van der Waals surface area contributed by atoms with Crippen molar-refractivity contribution in [3.05, 3.63) is 96.1 Å². The van der Waals surface area contributed by atoms with Crippen LogP contribution in [0.3, 0.4) is 0 Å². The summed E-state index contributed by atoms with van der Waals surface area (Å²) in [6.07, 6.45) is 0. The number of anilines is 1. The normalized spacial score (nSPS) is 16.6. The van der Waals surface area contributed by atoms with Gasteiger partial charge in [-0.1, -0.05) is 84.6 Å². The van der Waals surface area contributed by atoms with Gasteiger partial charge in [-0.3, -0.25) is 9.69 Å². The SMILES string of the molecule is O=C(CSc1nc2ccccc2nc1N1CCOCC1)N1CCN(C(c2ccccc2)c2ccccc2)CC1. The van der Waals surface area contributed by atoms with E-state index in [9.17, 15) is 4.79 Å². The second kappa shape index (κ2) is 12.2. The molecule has 2 aliphatic heterocycles. The Morgan fingerprint density at radius 3 is 1.92 bits per heavy atom. The zero-order valence-corrected chi connectivity index (χ0v) is 22.8. The third-order valence-electron chi connectivity index (χ3n) is 7.43. The van der Waals surface area contributed by atoms with Crippen molar-refractivity contribution in [3.8, 4) is 0 Å². The maximum Gasteiger partial charge on any atom is 0.233 e. The summed E-state index contributed by atoms with van der Waals surface area (Å²) in [4.78, 5) is 29.9. The summed E-state index contributed by atoms with van der Waals surface area (Å²) in [7, 11) is 0. The summed E-state index contributed by atoms with van der Waals surface area (Å²) in [5, 5.41) is 0.816. The molecule has 7 nitrogen and oxygen atoms in total. The number of aromatic nitrogens is 2. The fraction of sp³-hybridized carbons (Fsp3) is 0.323. The highest BCUT2D eigenvalue weighted by Crippen LogP contribution is 2.31. The van der Waals surface area contributed by atoms with Gasteiger partial charge in [-0.05, 0) is 23.3 Å². The van der Waals surface area contributed by atoms with Gasteiger partial charge in [0.1, 0.15) is 5.03 Å². The van der Waals surface area contributed by atoms with E-state index in [1.807, 2.05) is 29.2 Å². The lowest BCUT2D eigenvalue weighted by Gasteiger charge is -2.39. The summed E-state index contributed by atoms with van der Waals surface area (Å²) in [6, 6.07) is 29.4. The van der Waals surface area contributed by atoms with Crippen LogP contribution in [0.2, 0.25) is 0 Å². The van der Waals surface area contributed by atoms with Crippen LogP contribution >= 0.6 is 11.8 Å². The van der Waals surface area contributed by atoms with Crippen molar-refractivity contribution in [2.75, 3.05) is 63.1 Å². The Bertz CT molecular complexity index is 1350. The van der Waals surface area contributed by atoms with Gasteiger partial charge in [0.05, 0.1) is 36.0 Å². The van der Waals surface area contributed by atoms with Gasteiger partial charge in [0, 0.05) is 39.3 Å². The number of benzene rings is 3. The van der Waals surface area contributed by atoms with Crippen LogP contribution in [-0.4, -0.2) is 83.9 Å². The number of carbonyl (C=O) groups is 1. The first kappa shape index (κ1) is 25.8. The van der Waals surface area contributed by atoms with Crippen LogP contribution in [0.25, 0.3) is 11.0 Å². The fourth-order valence-corrected chi connectivity index (χ4v) is 6.30. The zero-order valence-electron chi connectivity index (χ0n) is 22.0. The number of carbonyl (C=O) groups excluding carboxylic acids is 1. The van der Waals surface area contributed by atoms with Gasteiger partial charge in [0.25, 0.3) is 0 Å². The van der Waals surface area contributed by atoms with Gasteiger partial charge in [0.2, 0.25) is 5.91 Å². The summed E-state index contributed by atoms with van der Waals surface area (Å²) < 4.78 is 5.55. The molecule has 0 atom stereocenters. The second-order valence-corrected chi connectivity index (χ2v) is 10.8. The summed E-state index contributed by atoms with van der Waals surface area (Å²) in [5.74, 6) is 1.36. The van der Waals surface area contributed by atoms with Gasteiger partial charge >= 0.3 is 0 Å². The molecule has 3 heterocycles. The van der Waals surface area contributed by atoms with E-state index in [0.717, 1.165) is 61.1 Å². The predicted molar refractivity (Wildman–Crippen MR) is 156 cm³/mol. The number of nitrogens with zero attached hydrogens (tertiary/aromatic N) is 5. The van der Waals surface area contributed by atoms with Crippen LogP contribution < -0.4 is 4.90 Å². The Balaban J connectivity index is 1.13. The molecule has 0 aliphatic carbocycles. The highest BCUT2D eigenvalue weighted by Gasteiger charge is 2.28. The van der Waals surface area contributed by atoms with E-state index in [2.05, 4.69) is 70.5 Å². The molecule has 0 N–H and O–H groups in total. The molecule has 4 aromatic rings. The maximum atomic E-state index is 13.3. The van der Waals surface area contributed by atoms with Crippen LogP contribution in [-0.2, 0) is 9.53 Å². The first-order valence-electron chi connectivity index (χ1n) is 13.6. The Morgan fingerprint density at radius 2 is 1.31 bits per heavy atom. The van der Waals surface area contributed by atoms with Crippen molar-refractivity contribution < 1.29 is 9.53 Å². The molecule has 1 amide bonds. The fourth-order valence-electron chi connectivity index (χ4n) is 5.39. The highest BCUT2D eigenvalue weighted by molar-refractivity contribution is 8.00. The molecule has 3 aromatic carbocycles. The van der Waals surface area contributed by atoms with E-state index in [1.165, 1.54) is 22.9 Å². The summed E-state index contributed by atoms with van der Waals surface area (Å²) in [5.41, 5.74) is 4.29. The van der Waals surface area contributed by atoms with Crippen molar-refractivity contribution in [3.63, 3.8) is 0 Å². The number of thioether (sulfide) groups is 1. The lowest BCUT2D eigenvalue weighted by atomic mass is 9.96. The molecular weight excluding hydrogens is 506 g/mol. The first-order chi connectivity index (χ1) is 19.3. The number of hydrogen-bond donors (Lipinski definition) is 0. The zero-order chi connectivity index (χ0) is 26.4. The Kier molecular flexibility index (Phi) is 8.04. The Hall–Kier alpha value is -3.46. The molecule has 200 valence electrons. The van der Waals surface area contributed by atoms with Gasteiger partial charge in [0.15, 0.2) is 5.82 Å². The largest absolute Gasteiger partial charge is 0.378 e. The molecule has 0 unspecified atom stereocenters. The first-order valence-corrected chi connectivity index (χ1v) is 14.6. The topological polar surface area (TPSA) is 61.8 Å². The van der Waals surface area contributed by atoms with E-state index in [1.54, 1.807) is 0 Å². The molecule has 2 aliphatic rings. The highest BCUT2D eigenvalue weighted by atomic mass is 32.2. The quantitative estimate of drug-likeness (QED) is 0.321. The molecule has 0 saturated carbocycles. The van der Waals surface area contributed by atoms with E-state index >= 15 is 0 Å². The Morgan fingerprint density at radius 1 is 0.744 bits per heavy atom. The van der Waals surface area contributed by atoms with Crippen molar-refractivity contribution in [1.82, 2.24) is 19.8 Å². The molecule has 0 bridgehead atoms. The van der Waals surface area contributed by atoms with Crippen molar-refractivity contribution in [2.45, 2.75) is 11.1 Å².